The number of amides is 1. The number of nitrogens with zero attached hydrogens (tertiary/aromatic N) is 1. The predicted molar refractivity (Wildman–Crippen MR) is 67.7 cm³/mol. The van der Waals surface area contributed by atoms with Crippen molar-refractivity contribution in [2.75, 3.05) is 19.6 Å². The van der Waals surface area contributed by atoms with Crippen molar-refractivity contribution in [2.24, 2.45) is 5.41 Å². The summed E-state index contributed by atoms with van der Waals surface area (Å²) < 4.78 is 2.08. The van der Waals surface area contributed by atoms with E-state index in [0.717, 1.165) is 32.5 Å². The maximum Gasteiger partial charge on any atom is 0.227 e. The summed E-state index contributed by atoms with van der Waals surface area (Å²) in [5.41, 5.74) is -0.170. The number of carbonyl (C=O) groups is 1. The monoisotopic (exact) mass is 235 g/mol. The van der Waals surface area contributed by atoms with E-state index in [4.69, 9.17) is 0 Å². The van der Waals surface area contributed by atoms with Gasteiger partial charge in [-0.05, 0) is 31.5 Å². The largest absolute Gasteiger partial charge is 0.354 e. The summed E-state index contributed by atoms with van der Waals surface area (Å²) in [7, 11) is 0. The Kier molecular flexibility index (Phi) is 3.84. The average molecular weight is 235 g/mol. The van der Waals surface area contributed by atoms with Crippen LogP contribution in [0, 0.1) is 5.41 Å². The SMILES string of the molecule is CCC1(C(=O)NCCn2cccc2)CCNC1. The summed E-state index contributed by atoms with van der Waals surface area (Å²) in [5.74, 6) is 0.206. The third-order valence-electron chi connectivity index (χ3n) is 3.72. The molecule has 17 heavy (non-hydrogen) atoms. The zero-order valence-corrected chi connectivity index (χ0v) is 10.4. The van der Waals surface area contributed by atoms with E-state index in [1.54, 1.807) is 0 Å². The maximum absolute atomic E-state index is 12.2. The van der Waals surface area contributed by atoms with Gasteiger partial charge in [0, 0.05) is 32.0 Å². The van der Waals surface area contributed by atoms with Crippen LogP contribution < -0.4 is 10.6 Å². The fraction of sp³-hybridized carbons (Fsp3) is 0.615. The molecule has 94 valence electrons. The van der Waals surface area contributed by atoms with E-state index in [0.29, 0.717) is 6.54 Å². The minimum absolute atomic E-state index is 0.170. The van der Waals surface area contributed by atoms with Crippen molar-refractivity contribution in [3.8, 4) is 0 Å². The molecule has 1 amide bonds. The smallest absolute Gasteiger partial charge is 0.227 e. The molecule has 0 bridgehead atoms. The maximum atomic E-state index is 12.2. The highest BCUT2D eigenvalue weighted by Crippen LogP contribution is 2.29. The number of hydrogen-bond acceptors (Lipinski definition) is 2. The first-order valence-corrected chi connectivity index (χ1v) is 6.37. The van der Waals surface area contributed by atoms with Crippen LogP contribution in [0.2, 0.25) is 0 Å². The topological polar surface area (TPSA) is 46.1 Å². The summed E-state index contributed by atoms with van der Waals surface area (Å²) in [6.07, 6.45) is 5.89. The molecular weight excluding hydrogens is 214 g/mol. The van der Waals surface area contributed by atoms with E-state index >= 15 is 0 Å². The standard InChI is InChI=1S/C13H21N3O/c1-2-13(5-6-14-11-13)12(17)15-7-10-16-8-3-4-9-16/h3-4,8-9,14H,2,5-7,10-11H2,1H3,(H,15,17). The van der Waals surface area contributed by atoms with Gasteiger partial charge in [-0.3, -0.25) is 4.79 Å². The Balaban J connectivity index is 1.80. The van der Waals surface area contributed by atoms with Crippen molar-refractivity contribution < 1.29 is 4.79 Å². The zero-order valence-electron chi connectivity index (χ0n) is 10.4. The van der Waals surface area contributed by atoms with Crippen LogP contribution in [-0.2, 0) is 11.3 Å². The molecule has 0 spiro atoms. The number of aromatic nitrogens is 1. The first-order valence-electron chi connectivity index (χ1n) is 6.37. The third-order valence-corrected chi connectivity index (χ3v) is 3.72. The molecule has 0 saturated carbocycles. The highest BCUT2D eigenvalue weighted by atomic mass is 16.2. The van der Waals surface area contributed by atoms with Gasteiger partial charge in [0.15, 0.2) is 0 Å². The van der Waals surface area contributed by atoms with Gasteiger partial charge in [0.1, 0.15) is 0 Å². The normalized spacial score (nSPS) is 23.8. The molecule has 4 nitrogen and oxygen atoms in total. The van der Waals surface area contributed by atoms with Crippen LogP contribution >= 0.6 is 0 Å². The lowest BCUT2D eigenvalue weighted by molar-refractivity contribution is -0.130. The predicted octanol–water partition coefficient (Wildman–Crippen LogP) is 0.994. The summed E-state index contributed by atoms with van der Waals surface area (Å²) in [6.45, 7) is 5.41. The highest BCUT2D eigenvalue weighted by molar-refractivity contribution is 5.83. The lowest BCUT2D eigenvalue weighted by Gasteiger charge is -2.25. The summed E-state index contributed by atoms with van der Waals surface area (Å²) >= 11 is 0. The van der Waals surface area contributed by atoms with E-state index in [9.17, 15) is 4.79 Å². The van der Waals surface area contributed by atoms with E-state index in [1.807, 2.05) is 24.5 Å². The summed E-state index contributed by atoms with van der Waals surface area (Å²) in [6, 6.07) is 3.99. The van der Waals surface area contributed by atoms with Gasteiger partial charge in [0.2, 0.25) is 5.91 Å². The quantitative estimate of drug-likeness (QED) is 0.799. The Labute approximate surface area is 102 Å². The minimum Gasteiger partial charge on any atom is -0.354 e. The Morgan fingerprint density at radius 3 is 2.82 bits per heavy atom. The molecule has 2 N–H and O–H groups in total. The van der Waals surface area contributed by atoms with Crippen LogP contribution in [0.15, 0.2) is 24.5 Å². The van der Waals surface area contributed by atoms with Crippen molar-refractivity contribution in [1.29, 1.82) is 0 Å². The second-order valence-electron chi connectivity index (χ2n) is 4.74. The zero-order chi connectivity index (χ0) is 12.1. The molecule has 2 heterocycles. The molecule has 1 aromatic rings. The molecular formula is C13H21N3O. The fourth-order valence-electron chi connectivity index (χ4n) is 2.41. The molecule has 4 heteroatoms. The Bertz CT molecular complexity index is 353. The Morgan fingerprint density at radius 1 is 1.47 bits per heavy atom. The van der Waals surface area contributed by atoms with E-state index in [-0.39, 0.29) is 11.3 Å². The van der Waals surface area contributed by atoms with Gasteiger partial charge in [-0.25, -0.2) is 0 Å². The van der Waals surface area contributed by atoms with Crippen molar-refractivity contribution >= 4 is 5.91 Å². The van der Waals surface area contributed by atoms with E-state index in [1.165, 1.54) is 0 Å². The molecule has 0 aliphatic carbocycles. The molecule has 0 aromatic carbocycles. The van der Waals surface area contributed by atoms with Gasteiger partial charge in [-0.15, -0.1) is 0 Å². The first kappa shape index (κ1) is 12.2. The summed E-state index contributed by atoms with van der Waals surface area (Å²) in [4.78, 5) is 12.2. The number of hydrogen-bond donors (Lipinski definition) is 2. The molecule has 1 aliphatic rings. The second-order valence-corrected chi connectivity index (χ2v) is 4.74. The van der Waals surface area contributed by atoms with Gasteiger partial charge < -0.3 is 15.2 Å². The lowest BCUT2D eigenvalue weighted by Crippen LogP contribution is -2.43. The second kappa shape index (κ2) is 5.36. The van der Waals surface area contributed by atoms with Crippen LogP contribution in [0.25, 0.3) is 0 Å². The highest BCUT2D eigenvalue weighted by Gasteiger charge is 2.38. The molecule has 0 radical (unpaired) electrons. The number of carbonyl (C=O) groups excluding carboxylic acids is 1. The van der Waals surface area contributed by atoms with Crippen molar-refractivity contribution in [3.05, 3.63) is 24.5 Å². The van der Waals surface area contributed by atoms with Gasteiger partial charge in [0.25, 0.3) is 0 Å². The van der Waals surface area contributed by atoms with E-state index < -0.39 is 0 Å². The average Bonchev–Trinajstić information content (AvgIpc) is 3.00. The van der Waals surface area contributed by atoms with Crippen molar-refractivity contribution in [2.45, 2.75) is 26.3 Å². The molecule has 2 rings (SSSR count). The van der Waals surface area contributed by atoms with Crippen LogP contribution in [0.1, 0.15) is 19.8 Å². The molecule has 1 aliphatic heterocycles. The lowest BCUT2D eigenvalue weighted by atomic mass is 9.83. The minimum atomic E-state index is -0.170. The molecule has 1 atom stereocenters. The van der Waals surface area contributed by atoms with Gasteiger partial charge in [-0.1, -0.05) is 6.92 Å². The third kappa shape index (κ3) is 2.69. The van der Waals surface area contributed by atoms with Crippen LogP contribution in [0.3, 0.4) is 0 Å². The Morgan fingerprint density at radius 2 is 2.24 bits per heavy atom. The van der Waals surface area contributed by atoms with Gasteiger partial charge in [-0.2, -0.15) is 0 Å². The van der Waals surface area contributed by atoms with Gasteiger partial charge >= 0.3 is 0 Å². The van der Waals surface area contributed by atoms with Gasteiger partial charge in [0.05, 0.1) is 5.41 Å². The summed E-state index contributed by atoms with van der Waals surface area (Å²) in [5, 5.41) is 6.34. The number of rotatable bonds is 5. The first-order chi connectivity index (χ1) is 8.27. The van der Waals surface area contributed by atoms with Crippen LogP contribution in [0.4, 0.5) is 0 Å². The molecule has 1 aromatic heterocycles. The number of nitrogens with one attached hydrogen (secondary N) is 2. The van der Waals surface area contributed by atoms with Crippen LogP contribution in [-0.4, -0.2) is 30.1 Å². The molecule has 1 fully saturated rings. The molecule has 1 unspecified atom stereocenters. The van der Waals surface area contributed by atoms with Crippen molar-refractivity contribution in [1.82, 2.24) is 15.2 Å². The molecule has 1 saturated heterocycles. The Hall–Kier alpha value is -1.29. The van der Waals surface area contributed by atoms with E-state index in [2.05, 4.69) is 22.1 Å². The van der Waals surface area contributed by atoms with Crippen molar-refractivity contribution in [3.63, 3.8) is 0 Å². The van der Waals surface area contributed by atoms with Crippen LogP contribution in [0.5, 0.6) is 0 Å². The fourth-order valence-corrected chi connectivity index (χ4v) is 2.41.